The molecular weight excluding hydrogens is 294 g/mol. The number of rotatable bonds is 4. The highest BCUT2D eigenvalue weighted by atomic mass is 16.2. The number of carbonyl (C=O) groups is 2. The molecule has 0 radical (unpaired) electrons. The molecule has 0 spiro atoms. The first-order chi connectivity index (χ1) is 10.7. The zero-order valence-corrected chi connectivity index (χ0v) is 14.8. The van der Waals surface area contributed by atoms with E-state index in [4.69, 9.17) is 0 Å². The number of nitrogens with zero attached hydrogens (tertiary/aromatic N) is 3. The highest BCUT2D eigenvalue weighted by Gasteiger charge is 2.40. The van der Waals surface area contributed by atoms with Gasteiger partial charge in [-0.3, -0.25) is 14.6 Å². The van der Waals surface area contributed by atoms with Crippen LogP contribution in [0.2, 0.25) is 0 Å². The molecule has 0 unspecified atom stereocenters. The van der Waals surface area contributed by atoms with Gasteiger partial charge in [0.05, 0.1) is 18.6 Å². The zero-order chi connectivity index (χ0) is 17.2. The molecule has 1 heterocycles. The van der Waals surface area contributed by atoms with Gasteiger partial charge in [-0.25, -0.2) is 0 Å². The lowest BCUT2D eigenvalue weighted by Gasteiger charge is -2.49. The molecule has 0 aromatic rings. The van der Waals surface area contributed by atoms with E-state index in [1.165, 1.54) is 0 Å². The Bertz CT molecular complexity index is 497. The van der Waals surface area contributed by atoms with Gasteiger partial charge in [-0.1, -0.05) is 0 Å². The second kappa shape index (κ2) is 6.76. The zero-order valence-electron chi connectivity index (χ0n) is 14.8. The summed E-state index contributed by atoms with van der Waals surface area (Å²) in [6.07, 6.45) is 2.14. The second-order valence-electron chi connectivity index (χ2n) is 7.27. The fraction of sp³-hybridized carbons (Fsp3) is 0.812. The summed E-state index contributed by atoms with van der Waals surface area (Å²) >= 11 is 0. The Labute approximate surface area is 138 Å². The lowest BCUT2D eigenvalue weighted by atomic mass is 9.96. The fourth-order valence-corrected chi connectivity index (χ4v) is 3.31. The number of aliphatic imine (C=N–C) groups is 1. The molecule has 1 aliphatic carbocycles. The highest BCUT2D eigenvalue weighted by molar-refractivity contribution is 5.90. The van der Waals surface area contributed by atoms with Crippen molar-refractivity contribution in [2.75, 3.05) is 26.7 Å². The number of nitrogens with one attached hydrogen (secondary N) is 2. The smallest absolute Gasteiger partial charge is 0.242 e. The summed E-state index contributed by atoms with van der Waals surface area (Å²) in [5, 5.41) is 6.00. The summed E-state index contributed by atoms with van der Waals surface area (Å²) in [6.45, 7) is 9.33. The van der Waals surface area contributed by atoms with Crippen molar-refractivity contribution < 1.29 is 9.59 Å². The van der Waals surface area contributed by atoms with Gasteiger partial charge in [-0.15, -0.1) is 0 Å². The van der Waals surface area contributed by atoms with Gasteiger partial charge >= 0.3 is 0 Å². The maximum atomic E-state index is 12.5. The minimum absolute atomic E-state index is 0.0277. The predicted octanol–water partition coefficient (Wildman–Crippen LogP) is 0.172. The topological polar surface area (TPSA) is 77.0 Å². The van der Waals surface area contributed by atoms with Crippen LogP contribution >= 0.6 is 0 Å². The fourth-order valence-electron chi connectivity index (χ4n) is 3.31. The average molecular weight is 323 g/mol. The Kier molecular flexibility index (Phi) is 5.16. The average Bonchev–Trinajstić information content (AvgIpc) is 3.20. The van der Waals surface area contributed by atoms with Crippen LogP contribution in [0.1, 0.15) is 40.5 Å². The largest absolute Gasteiger partial charge is 0.352 e. The molecule has 7 heteroatoms. The summed E-state index contributed by atoms with van der Waals surface area (Å²) in [5.41, 5.74) is -0.280. The summed E-state index contributed by atoms with van der Waals surface area (Å²) in [7, 11) is 1.67. The van der Waals surface area contributed by atoms with Gasteiger partial charge in [0.1, 0.15) is 0 Å². The SMILES string of the molecule is CN=C(NCC(=O)NC1CC1)N1CC(=O)N(C(C)C)C(C)(C)C1. The van der Waals surface area contributed by atoms with Crippen molar-refractivity contribution in [2.24, 2.45) is 4.99 Å². The summed E-state index contributed by atoms with van der Waals surface area (Å²) in [4.78, 5) is 32.4. The van der Waals surface area contributed by atoms with Crippen LogP contribution in [0.5, 0.6) is 0 Å². The molecule has 2 N–H and O–H groups in total. The van der Waals surface area contributed by atoms with E-state index < -0.39 is 0 Å². The molecular formula is C16H29N5O2. The second-order valence-corrected chi connectivity index (χ2v) is 7.27. The van der Waals surface area contributed by atoms with E-state index in [-0.39, 0.29) is 36.5 Å². The first-order valence-corrected chi connectivity index (χ1v) is 8.31. The monoisotopic (exact) mass is 323 g/mol. The molecule has 2 rings (SSSR count). The predicted molar refractivity (Wildman–Crippen MR) is 90.2 cm³/mol. The van der Waals surface area contributed by atoms with Crippen molar-refractivity contribution in [3.63, 3.8) is 0 Å². The molecule has 0 aromatic heterocycles. The van der Waals surface area contributed by atoms with Crippen molar-refractivity contribution in [1.29, 1.82) is 0 Å². The molecule has 7 nitrogen and oxygen atoms in total. The summed E-state index contributed by atoms with van der Waals surface area (Å²) < 4.78 is 0. The van der Waals surface area contributed by atoms with Crippen molar-refractivity contribution in [3.8, 4) is 0 Å². The van der Waals surface area contributed by atoms with E-state index in [2.05, 4.69) is 29.5 Å². The first-order valence-electron chi connectivity index (χ1n) is 8.31. The van der Waals surface area contributed by atoms with Crippen molar-refractivity contribution in [1.82, 2.24) is 20.4 Å². The van der Waals surface area contributed by atoms with Gasteiger partial charge in [-0.2, -0.15) is 0 Å². The lowest BCUT2D eigenvalue weighted by molar-refractivity contribution is -0.145. The molecule has 0 aromatic carbocycles. The molecule has 1 saturated heterocycles. The Morgan fingerprint density at radius 3 is 2.52 bits per heavy atom. The normalized spacial score (nSPS) is 21.7. The Morgan fingerprint density at radius 1 is 1.39 bits per heavy atom. The summed E-state index contributed by atoms with van der Waals surface area (Å²) in [6, 6.07) is 0.514. The highest BCUT2D eigenvalue weighted by Crippen LogP contribution is 2.24. The number of carbonyl (C=O) groups excluding carboxylic acids is 2. The molecule has 2 aliphatic rings. The number of guanidine groups is 1. The van der Waals surface area contributed by atoms with Gasteiger partial charge in [0.15, 0.2) is 5.96 Å². The molecule has 1 saturated carbocycles. The molecule has 2 fully saturated rings. The quantitative estimate of drug-likeness (QED) is 0.571. The van der Waals surface area contributed by atoms with Crippen LogP contribution in [-0.4, -0.2) is 71.9 Å². The van der Waals surface area contributed by atoms with E-state index in [0.29, 0.717) is 18.5 Å². The van der Waals surface area contributed by atoms with Gasteiger partial charge in [0, 0.05) is 25.7 Å². The van der Waals surface area contributed by atoms with Crippen LogP contribution in [0.15, 0.2) is 4.99 Å². The Hall–Kier alpha value is -1.79. The van der Waals surface area contributed by atoms with Crippen molar-refractivity contribution in [2.45, 2.75) is 58.2 Å². The first kappa shape index (κ1) is 17.6. The van der Waals surface area contributed by atoms with Crippen LogP contribution < -0.4 is 10.6 Å². The van der Waals surface area contributed by atoms with E-state index >= 15 is 0 Å². The number of hydrogen-bond donors (Lipinski definition) is 2. The maximum Gasteiger partial charge on any atom is 0.242 e. The lowest BCUT2D eigenvalue weighted by Crippen LogP contribution is -2.66. The van der Waals surface area contributed by atoms with Gasteiger partial charge in [0.2, 0.25) is 11.8 Å². The Balaban J connectivity index is 1.96. The third-order valence-corrected chi connectivity index (χ3v) is 4.20. The molecule has 0 atom stereocenters. The van der Waals surface area contributed by atoms with Gasteiger partial charge in [-0.05, 0) is 40.5 Å². The standard InChI is InChI=1S/C16H29N5O2/c1-11(2)21-14(23)9-20(10-16(21,3)4)15(17-5)18-8-13(22)19-12-6-7-12/h11-12H,6-10H2,1-5H3,(H,17,18)(H,19,22). The van der Waals surface area contributed by atoms with Gasteiger partial charge < -0.3 is 20.4 Å². The summed E-state index contributed by atoms with van der Waals surface area (Å²) in [5.74, 6) is 0.655. The minimum atomic E-state index is -0.280. The molecule has 2 amide bonds. The van der Waals surface area contributed by atoms with Crippen molar-refractivity contribution in [3.05, 3.63) is 0 Å². The molecule has 1 aliphatic heterocycles. The molecule has 130 valence electrons. The number of amides is 2. The number of piperazine rings is 1. The minimum Gasteiger partial charge on any atom is -0.352 e. The van der Waals surface area contributed by atoms with Crippen LogP contribution in [-0.2, 0) is 9.59 Å². The van der Waals surface area contributed by atoms with E-state index in [9.17, 15) is 9.59 Å². The van der Waals surface area contributed by atoms with E-state index in [0.717, 1.165) is 12.8 Å². The van der Waals surface area contributed by atoms with Crippen LogP contribution in [0.25, 0.3) is 0 Å². The maximum absolute atomic E-state index is 12.5. The van der Waals surface area contributed by atoms with Crippen LogP contribution in [0.3, 0.4) is 0 Å². The third-order valence-electron chi connectivity index (χ3n) is 4.20. The molecule has 23 heavy (non-hydrogen) atoms. The van der Waals surface area contributed by atoms with Crippen LogP contribution in [0.4, 0.5) is 0 Å². The van der Waals surface area contributed by atoms with E-state index in [1.54, 1.807) is 7.05 Å². The van der Waals surface area contributed by atoms with Crippen molar-refractivity contribution >= 4 is 17.8 Å². The Morgan fingerprint density at radius 2 is 2.04 bits per heavy atom. The van der Waals surface area contributed by atoms with Crippen LogP contribution in [0, 0.1) is 0 Å². The van der Waals surface area contributed by atoms with Gasteiger partial charge in [0.25, 0.3) is 0 Å². The molecule has 0 bridgehead atoms. The number of hydrogen-bond acceptors (Lipinski definition) is 3. The van der Waals surface area contributed by atoms with E-state index in [1.807, 2.05) is 23.6 Å². The third kappa shape index (κ3) is 4.36.